The summed E-state index contributed by atoms with van der Waals surface area (Å²) in [5.41, 5.74) is 0.383. The zero-order valence-electron chi connectivity index (χ0n) is 7.83. The van der Waals surface area contributed by atoms with Gasteiger partial charge in [-0.2, -0.15) is 0 Å². The first-order valence-corrected chi connectivity index (χ1v) is 4.50. The van der Waals surface area contributed by atoms with Gasteiger partial charge in [-0.25, -0.2) is 4.79 Å². The molecule has 0 aromatic heterocycles. The molecule has 68 valence electrons. The SMILES string of the molecule is COC(=O)C1[NH2+]CC2C1C2(C)C. The summed E-state index contributed by atoms with van der Waals surface area (Å²) in [7, 11) is 1.47. The fourth-order valence-corrected chi connectivity index (χ4v) is 2.77. The average molecular weight is 170 g/mol. The molecule has 1 aliphatic carbocycles. The summed E-state index contributed by atoms with van der Waals surface area (Å²) >= 11 is 0. The zero-order valence-corrected chi connectivity index (χ0v) is 7.83. The first-order chi connectivity index (χ1) is 5.59. The number of esters is 1. The molecule has 2 fully saturated rings. The molecule has 3 atom stereocenters. The Labute approximate surface area is 72.5 Å². The largest absolute Gasteiger partial charge is 0.465 e. The Morgan fingerprint density at radius 1 is 1.58 bits per heavy atom. The molecule has 0 bridgehead atoms. The fraction of sp³-hybridized carbons (Fsp3) is 0.889. The Hall–Kier alpha value is -0.570. The number of quaternary nitrogens is 1. The van der Waals surface area contributed by atoms with Crippen LogP contribution in [0.2, 0.25) is 0 Å². The molecule has 1 aliphatic heterocycles. The number of carbonyl (C=O) groups is 1. The lowest BCUT2D eigenvalue weighted by Gasteiger charge is -2.13. The number of carbonyl (C=O) groups excluding carboxylic acids is 1. The molecule has 1 heterocycles. The molecule has 3 nitrogen and oxygen atoms in total. The molecule has 0 radical (unpaired) electrons. The van der Waals surface area contributed by atoms with E-state index in [2.05, 4.69) is 19.2 Å². The van der Waals surface area contributed by atoms with Gasteiger partial charge in [-0.15, -0.1) is 0 Å². The summed E-state index contributed by atoms with van der Waals surface area (Å²) in [5, 5.41) is 2.12. The van der Waals surface area contributed by atoms with E-state index >= 15 is 0 Å². The third-order valence-electron chi connectivity index (χ3n) is 3.64. The van der Waals surface area contributed by atoms with Crippen molar-refractivity contribution < 1.29 is 14.8 Å². The van der Waals surface area contributed by atoms with Crippen molar-refractivity contribution in [2.24, 2.45) is 17.3 Å². The summed E-state index contributed by atoms with van der Waals surface area (Å²) in [4.78, 5) is 11.3. The summed E-state index contributed by atoms with van der Waals surface area (Å²) < 4.78 is 4.75. The number of hydrogen-bond acceptors (Lipinski definition) is 2. The Morgan fingerprint density at radius 2 is 2.25 bits per heavy atom. The van der Waals surface area contributed by atoms with Crippen molar-refractivity contribution in [2.75, 3.05) is 13.7 Å². The van der Waals surface area contributed by atoms with Crippen LogP contribution < -0.4 is 5.32 Å². The number of rotatable bonds is 1. The highest BCUT2D eigenvalue weighted by atomic mass is 16.5. The first kappa shape index (κ1) is 8.05. The minimum absolute atomic E-state index is 0.0481. The monoisotopic (exact) mass is 170 g/mol. The van der Waals surface area contributed by atoms with Crippen LogP contribution in [0.4, 0.5) is 0 Å². The normalized spacial score (nSPS) is 42.1. The molecular formula is C9H16NO2+. The lowest BCUT2D eigenvalue weighted by atomic mass is 10.0. The fourth-order valence-electron chi connectivity index (χ4n) is 2.77. The van der Waals surface area contributed by atoms with Gasteiger partial charge in [-0.3, -0.25) is 0 Å². The Balaban J connectivity index is 2.08. The number of methoxy groups -OCH3 is 1. The van der Waals surface area contributed by atoms with Gasteiger partial charge in [-0.05, 0) is 5.41 Å². The highest BCUT2D eigenvalue weighted by Crippen LogP contribution is 2.60. The quantitative estimate of drug-likeness (QED) is 0.533. The topological polar surface area (TPSA) is 42.9 Å². The van der Waals surface area contributed by atoms with E-state index in [9.17, 15) is 4.79 Å². The molecule has 0 aromatic rings. The number of ether oxygens (including phenoxy) is 1. The minimum atomic E-state index is -0.0481. The molecule has 2 N–H and O–H groups in total. The maximum Gasteiger partial charge on any atom is 0.364 e. The molecule has 0 amide bonds. The first-order valence-electron chi connectivity index (χ1n) is 4.50. The van der Waals surface area contributed by atoms with Crippen molar-refractivity contribution in [1.29, 1.82) is 0 Å². The van der Waals surface area contributed by atoms with E-state index in [1.165, 1.54) is 7.11 Å². The number of piperidine rings is 1. The molecule has 12 heavy (non-hydrogen) atoms. The Bertz CT molecular complexity index is 225. The van der Waals surface area contributed by atoms with Gasteiger partial charge in [0.2, 0.25) is 0 Å². The van der Waals surface area contributed by atoms with Crippen LogP contribution in [0.15, 0.2) is 0 Å². The van der Waals surface area contributed by atoms with E-state index in [0.29, 0.717) is 11.3 Å². The van der Waals surface area contributed by atoms with Gasteiger partial charge in [0.15, 0.2) is 6.04 Å². The van der Waals surface area contributed by atoms with Gasteiger partial charge in [-0.1, -0.05) is 13.8 Å². The van der Waals surface area contributed by atoms with Gasteiger partial charge < -0.3 is 10.1 Å². The van der Waals surface area contributed by atoms with E-state index in [1.807, 2.05) is 0 Å². The third-order valence-corrected chi connectivity index (χ3v) is 3.64. The summed E-state index contributed by atoms with van der Waals surface area (Å²) in [6, 6.07) is 0.0787. The van der Waals surface area contributed by atoms with E-state index < -0.39 is 0 Å². The minimum Gasteiger partial charge on any atom is -0.465 e. The molecule has 1 saturated carbocycles. The molecule has 0 aromatic carbocycles. The number of fused-ring (bicyclic) bond motifs is 1. The van der Waals surface area contributed by atoms with Crippen molar-refractivity contribution in [3.63, 3.8) is 0 Å². The lowest BCUT2D eigenvalue weighted by Crippen LogP contribution is -2.90. The predicted molar refractivity (Wildman–Crippen MR) is 43.4 cm³/mol. The average Bonchev–Trinajstić information content (AvgIpc) is 2.52. The predicted octanol–water partition coefficient (Wildman–Crippen LogP) is -0.623. The Morgan fingerprint density at radius 3 is 2.67 bits per heavy atom. The highest BCUT2D eigenvalue weighted by molar-refractivity contribution is 5.75. The van der Waals surface area contributed by atoms with Crippen LogP contribution in [0.1, 0.15) is 13.8 Å². The summed E-state index contributed by atoms with van der Waals surface area (Å²) in [6.07, 6.45) is 0. The van der Waals surface area contributed by atoms with E-state index in [1.54, 1.807) is 0 Å². The zero-order chi connectivity index (χ0) is 8.93. The smallest absolute Gasteiger partial charge is 0.364 e. The van der Waals surface area contributed by atoms with Crippen LogP contribution in [0.3, 0.4) is 0 Å². The van der Waals surface area contributed by atoms with Crippen molar-refractivity contribution in [3.05, 3.63) is 0 Å². The maximum atomic E-state index is 11.3. The van der Waals surface area contributed by atoms with E-state index in [4.69, 9.17) is 4.74 Å². The molecule has 0 spiro atoms. The van der Waals surface area contributed by atoms with E-state index in [0.717, 1.165) is 12.5 Å². The second-order valence-electron chi connectivity index (χ2n) is 4.47. The van der Waals surface area contributed by atoms with Crippen molar-refractivity contribution in [2.45, 2.75) is 19.9 Å². The van der Waals surface area contributed by atoms with Gasteiger partial charge in [0, 0.05) is 11.8 Å². The second kappa shape index (κ2) is 2.22. The standard InChI is InChI=1S/C9H15NO2/c1-9(2)5-4-10-7(6(5)9)8(11)12-3/h5-7,10H,4H2,1-3H3/p+1. The van der Waals surface area contributed by atoms with Crippen LogP contribution in [0.5, 0.6) is 0 Å². The van der Waals surface area contributed by atoms with Crippen LogP contribution in [0, 0.1) is 17.3 Å². The van der Waals surface area contributed by atoms with Crippen molar-refractivity contribution in [3.8, 4) is 0 Å². The molecule has 3 heteroatoms. The summed E-state index contributed by atoms with van der Waals surface area (Å²) in [5.74, 6) is 1.25. The summed E-state index contributed by atoms with van der Waals surface area (Å²) in [6.45, 7) is 5.58. The van der Waals surface area contributed by atoms with Crippen LogP contribution in [-0.2, 0) is 9.53 Å². The van der Waals surface area contributed by atoms with Gasteiger partial charge in [0.05, 0.1) is 13.7 Å². The van der Waals surface area contributed by atoms with E-state index in [-0.39, 0.29) is 12.0 Å². The highest BCUT2D eigenvalue weighted by Gasteiger charge is 2.69. The van der Waals surface area contributed by atoms with Crippen LogP contribution >= 0.6 is 0 Å². The van der Waals surface area contributed by atoms with Crippen molar-refractivity contribution >= 4 is 5.97 Å². The number of hydrogen-bond donors (Lipinski definition) is 1. The van der Waals surface area contributed by atoms with Crippen molar-refractivity contribution in [1.82, 2.24) is 0 Å². The third kappa shape index (κ3) is 0.829. The maximum absolute atomic E-state index is 11.3. The van der Waals surface area contributed by atoms with Gasteiger partial charge in [0.1, 0.15) is 0 Å². The van der Waals surface area contributed by atoms with Gasteiger partial charge >= 0.3 is 5.97 Å². The molecule has 1 saturated heterocycles. The molecular weight excluding hydrogens is 154 g/mol. The Kier molecular flexibility index (Phi) is 1.49. The molecule has 2 rings (SSSR count). The van der Waals surface area contributed by atoms with Crippen LogP contribution in [-0.4, -0.2) is 25.7 Å². The number of nitrogens with two attached hydrogens (primary N) is 1. The second-order valence-corrected chi connectivity index (χ2v) is 4.47. The molecule has 3 unspecified atom stereocenters. The van der Waals surface area contributed by atoms with Crippen LogP contribution in [0.25, 0.3) is 0 Å². The molecule has 2 aliphatic rings. The van der Waals surface area contributed by atoms with Gasteiger partial charge in [0.25, 0.3) is 0 Å². The lowest BCUT2D eigenvalue weighted by molar-refractivity contribution is -0.670.